The maximum Gasteiger partial charge on any atom is 0.306 e. The van der Waals surface area contributed by atoms with Gasteiger partial charge in [-0.1, -0.05) is 22.0 Å². The van der Waals surface area contributed by atoms with Crippen LogP contribution < -0.4 is 5.32 Å². The molecule has 2 rings (SSSR count). The van der Waals surface area contributed by atoms with Crippen molar-refractivity contribution in [3.05, 3.63) is 33.8 Å². The van der Waals surface area contributed by atoms with Gasteiger partial charge >= 0.3 is 5.97 Å². The maximum absolute atomic E-state index is 11.9. The van der Waals surface area contributed by atoms with E-state index in [-0.39, 0.29) is 17.9 Å². The number of aryl methyl sites for hydroxylation is 1. The van der Waals surface area contributed by atoms with Crippen molar-refractivity contribution in [2.75, 3.05) is 0 Å². The summed E-state index contributed by atoms with van der Waals surface area (Å²) in [5.74, 6) is -1.10. The summed E-state index contributed by atoms with van der Waals surface area (Å²) in [6.45, 7) is 1.97. The molecule has 1 fully saturated rings. The number of halogens is 1. The van der Waals surface area contributed by atoms with Gasteiger partial charge in [0, 0.05) is 10.5 Å². The molecule has 0 aliphatic heterocycles. The van der Waals surface area contributed by atoms with E-state index in [4.69, 9.17) is 5.11 Å². The zero-order valence-electron chi connectivity index (χ0n) is 10.6. The lowest BCUT2D eigenvalue weighted by Crippen LogP contribution is -2.47. The van der Waals surface area contributed by atoms with Gasteiger partial charge in [-0.15, -0.1) is 0 Å². The number of aliphatic carboxylic acids is 1. The van der Waals surface area contributed by atoms with Crippen LogP contribution in [0, 0.1) is 12.8 Å². The van der Waals surface area contributed by atoms with Gasteiger partial charge < -0.3 is 10.4 Å². The third-order valence-electron chi connectivity index (χ3n) is 3.51. The highest BCUT2D eigenvalue weighted by Crippen LogP contribution is 2.27. The second-order valence-electron chi connectivity index (χ2n) is 5.02. The lowest BCUT2D eigenvalue weighted by atomic mass is 9.80. The minimum absolute atomic E-state index is 0.0179. The molecule has 1 aromatic rings. The van der Waals surface area contributed by atoms with E-state index in [0.29, 0.717) is 19.3 Å². The first kappa shape index (κ1) is 14.1. The van der Waals surface area contributed by atoms with E-state index in [1.807, 2.05) is 25.1 Å². The van der Waals surface area contributed by atoms with Crippen molar-refractivity contribution in [1.29, 1.82) is 0 Å². The van der Waals surface area contributed by atoms with Gasteiger partial charge in [0.2, 0.25) is 5.91 Å². The van der Waals surface area contributed by atoms with Crippen LogP contribution in [-0.4, -0.2) is 23.0 Å². The molecule has 1 saturated carbocycles. The second-order valence-corrected chi connectivity index (χ2v) is 5.93. The number of hydrogen-bond acceptors (Lipinski definition) is 2. The van der Waals surface area contributed by atoms with Crippen molar-refractivity contribution in [2.45, 2.75) is 32.2 Å². The fourth-order valence-electron chi connectivity index (χ4n) is 2.25. The number of nitrogens with one attached hydrogen (secondary N) is 1. The summed E-state index contributed by atoms with van der Waals surface area (Å²) >= 11 is 3.39. The number of carboxylic acid groups (broad SMARTS) is 1. The normalized spacial score (nSPS) is 21.6. The first-order valence-corrected chi connectivity index (χ1v) is 7.02. The molecule has 0 heterocycles. The predicted molar refractivity (Wildman–Crippen MR) is 74.9 cm³/mol. The molecule has 0 unspecified atom stereocenters. The highest BCUT2D eigenvalue weighted by molar-refractivity contribution is 9.10. The van der Waals surface area contributed by atoms with Gasteiger partial charge in [-0.25, -0.2) is 0 Å². The van der Waals surface area contributed by atoms with Crippen LogP contribution in [-0.2, 0) is 16.0 Å². The Morgan fingerprint density at radius 1 is 1.42 bits per heavy atom. The molecule has 1 aliphatic rings. The summed E-state index contributed by atoms with van der Waals surface area (Å²) in [5, 5.41) is 11.6. The SMILES string of the molecule is Cc1cc(Br)ccc1CC(=O)NC1CC(C(=O)O)C1. The predicted octanol–water partition coefficient (Wildman–Crippen LogP) is 2.28. The van der Waals surface area contributed by atoms with Crippen LogP contribution in [0.15, 0.2) is 22.7 Å². The van der Waals surface area contributed by atoms with Crippen LogP contribution in [0.2, 0.25) is 0 Å². The van der Waals surface area contributed by atoms with E-state index in [1.54, 1.807) is 0 Å². The van der Waals surface area contributed by atoms with Crippen molar-refractivity contribution in [3.8, 4) is 0 Å². The molecule has 102 valence electrons. The molecule has 0 aromatic heterocycles. The Bertz CT molecular complexity index is 509. The number of carbonyl (C=O) groups excluding carboxylic acids is 1. The van der Waals surface area contributed by atoms with E-state index in [2.05, 4.69) is 21.2 Å². The highest BCUT2D eigenvalue weighted by atomic mass is 79.9. The zero-order valence-corrected chi connectivity index (χ0v) is 12.2. The molecule has 0 saturated heterocycles. The van der Waals surface area contributed by atoms with E-state index >= 15 is 0 Å². The van der Waals surface area contributed by atoms with Crippen LogP contribution in [0.5, 0.6) is 0 Å². The van der Waals surface area contributed by atoms with E-state index in [0.717, 1.165) is 15.6 Å². The molecule has 5 heteroatoms. The van der Waals surface area contributed by atoms with E-state index < -0.39 is 5.97 Å². The van der Waals surface area contributed by atoms with Gasteiger partial charge in [-0.2, -0.15) is 0 Å². The van der Waals surface area contributed by atoms with Gasteiger partial charge in [0.1, 0.15) is 0 Å². The topological polar surface area (TPSA) is 66.4 Å². The lowest BCUT2D eigenvalue weighted by molar-refractivity contribution is -0.146. The van der Waals surface area contributed by atoms with Crippen molar-refractivity contribution >= 4 is 27.8 Å². The Kier molecular flexibility index (Phi) is 4.24. The molecule has 0 atom stereocenters. The van der Waals surface area contributed by atoms with Crippen LogP contribution in [0.25, 0.3) is 0 Å². The highest BCUT2D eigenvalue weighted by Gasteiger charge is 2.35. The minimum atomic E-state index is -0.769. The van der Waals surface area contributed by atoms with Gasteiger partial charge in [0.05, 0.1) is 12.3 Å². The zero-order chi connectivity index (χ0) is 14.0. The molecular weight excluding hydrogens is 310 g/mol. The average molecular weight is 326 g/mol. The van der Waals surface area contributed by atoms with Crippen molar-refractivity contribution in [1.82, 2.24) is 5.32 Å². The molecule has 1 amide bonds. The van der Waals surface area contributed by atoms with Crippen LogP contribution >= 0.6 is 15.9 Å². The standard InChI is InChI=1S/C14H16BrNO3/c1-8-4-11(15)3-2-9(8)7-13(17)16-12-5-10(6-12)14(18)19/h2-4,10,12H,5-7H2,1H3,(H,16,17)(H,18,19). The Morgan fingerprint density at radius 3 is 2.68 bits per heavy atom. The van der Waals surface area contributed by atoms with E-state index in [9.17, 15) is 9.59 Å². The monoisotopic (exact) mass is 325 g/mol. The Hall–Kier alpha value is -1.36. The Morgan fingerprint density at radius 2 is 2.11 bits per heavy atom. The molecular formula is C14H16BrNO3. The van der Waals surface area contributed by atoms with Crippen molar-refractivity contribution in [3.63, 3.8) is 0 Å². The number of benzene rings is 1. The second kappa shape index (κ2) is 5.74. The first-order valence-electron chi connectivity index (χ1n) is 6.23. The number of amides is 1. The fraction of sp³-hybridized carbons (Fsp3) is 0.429. The summed E-state index contributed by atoms with van der Waals surface area (Å²) in [5.41, 5.74) is 2.07. The van der Waals surface area contributed by atoms with Crippen LogP contribution in [0.1, 0.15) is 24.0 Å². The first-order chi connectivity index (χ1) is 8.95. The molecule has 0 spiro atoms. The quantitative estimate of drug-likeness (QED) is 0.892. The summed E-state index contributed by atoms with van der Waals surface area (Å²) in [6, 6.07) is 5.84. The molecule has 1 aliphatic carbocycles. The Labute approximate surface area is 120 Å². The molecule has 0 bridgehead atoms. The van der Waals surface area contributed by atoms with Gasteiger partial charge in [-0.3, -0.25) is 9.59 Å². The third-order valence-corrected chi connectivity index (χ3v) is 4.00. The third kappa shape index (κ3) is 3.56. The molecule has 0 radical (unpaired) electrons. The summed E-state index contributed by atoms with van der Waals surface area (Å²) in [6.07, 6.45) is 1.42. The summed E-state index contributed by atoms with van der Waals surface area (Å²) < 4.78 is 0.998. The smallest absolute Gasteiger partial charge is 0.306 e. The Balaban J connectivity index is 1.84. The largest absolute Gasteiger partial charge is 0.481 e. The number of carbonyl (C=O) groups is 2. The molecule has 4 nitrogen and oxygen atoms in total. The summed E-state index contributed by atoms with van der Waals surface area (Å²) in [7, 11) is 0. The number of carboxylic acids is 1. The van der Waals surface area contributed by atoms with Crippen molar-refractivity contribution < 1.29 is 14.7 Å². The van der Waals surface area contributed by atoms with Crippen molar-refractivity contribution in [2.24, 2.45) is 5.92 Å². The minimum Gasteiger partial charge on any atom is -0.481 e. The van der Waals surface area contributed by atoms with Gasteiger partial charge in [0.25, 0.3) is 0 Å². The lowest BCUT2D eigenvalue weighted by Gasteiger charge is -2.32. The average Bonchev–Trinajstić information content (AvgIpc) is 2.26. The summed E-state index contributed by atoms with van der Waals surface area (Å²) in [4.78, 5) is 22.5. The fourth-order valence-corrected chi connectivity index (χ4v) is 2.72. The molecule has 1 aromatic carbocycles. The molecule has 2 N–H and O–H groups in total. The van der Waals surface area contributed by atoms with Crippen LogP contribution in [0.3, 0.4) is 0 Å². The number of rotatable bonds is 4. The van der Waals surface area contributed by atoms with Gasteiger partial charge in [0.15, 0.2) is 0 Å². The molecule has 19 heavy (non-hydrogen) atoms. The van der Waals surface area contributed by atoms with Gasteiger partial charge in [-0.05, 0) is 43.0 Å². The van der Waals surface area contributed by atoms with E-state index in [1.165, 1.54) is 0 Å². The maximum atomic E-state index is 11.9. The number of hydrogen-bond donors (Lipinski definition) is 2. The van der Waals surface area contributed by atoms with Crippen LogP contribution in [0.4, 0.5) is 0 Å².